The predicted octanol–water partition coefficient (Wildman–Crippen LogP) is 1.22. The molecule has 0 radical (unpaired) electrons. The van der Waals surface area contributed by atoms with Gasteiger partial charge >= 0.3 is 0 Å². The van der Waals surface area contributed by atoms with Gasteiger partial charge in [-0.3, -0.25) is 4.90 Å². The molecule has 4 nitrogen and oxygen atoms in total. The summed E-state index contributed by atoms with van der Waals surface area (Å²) in [4.78, 5) is 11.6. The highest BCUT2D eigenvalue weighted by Gasteiger charge is 2.27. The van der Waals surface area contributed by atoms with Gasteiger partial charge in [0, 0.05) is 50.0 Å². The van der Waals surface area contributed by atoms with Crippen LogP contribution in [0.2, 0.25) is 0 Å². The van der Waals surface area contributed by atoms with E-state index in [1.807, 2.05) is 12.3 Å². The maximum atomic E-state index is 4.68. The Kier molecular flexibility index (Phi) is 4.30. The standard InChI is InChI=1S/C14H24N4/c1-4-12-5-6-16-13(17-12)14(2,3)11-18-9-7-15-8-10-18/h5-6,15H,4,7-11H2,1-3H3. The Balaban J connectivity index is 2.08. The van der Waals surface area contributed by atoms with Gasteiger partial charge in [-0.05, 0) is 12.5 Å². The number of aryl methyl sites for hydroxylation is 1. The second kappa shape index (κ2) is 5.76. The maximum Gasteiger partial charge on any atom is 0.135 e. The van der Waals surface area contributed by atoms with Crippen molar-refractivity contribution in [2.24, 2.45) is 0 Å². The van der Waals surface area contributed by atoms with Crippen LogP contribution >= 0.6 is 0 Å². The molecule has 1 N–H and O–H groups in total. The summed E-state index contributed by atoms with van der Waals surface area (Å²) in [5, 5.41) is 3.39. The van der Waals surface area contributed by atoms with E-state index in [4.69, 9.17) is 0 Å². The SMILES string of the molecule is CCc1ccnc(C(C)(C)CN2CCNCC2)n1. The van der Waals surface area contributed by atoms with Gasteiger partial charge in [0.25, 0.3) is 0 Å². The van der Waals surface area contributed by atoms with Gasteiger partial charge in [0.05, 0.1) is 0 Å². The van der Waals surface area contributed by atoms with E-state index in [1.165, 1.54) is 0 Å². The summed E-state index contributed by atoms with van der Waals surface area (Å²) in [7, 11) is 0. The zero-order chi connectivity index (χ0) is 13.0. The summed E-state index contributed by atoms with van der Waals surface area (Å²) in [6, 6.07) is 2.00. The van der Waals surface area contributed by atoms with Crippen LogP contribution in [0.4, 0.5) is 0 Å². The van der Waals surface area contributed by atoms with E-state index in [9.17, 15) is 0 Å². The molecular weight excluding hydrogens is 224 g/mol. The third kappa shape index (κ3) is 3.27. The van der Waals surface area contributed by atoms with Crippen molar-refractivity contribution in [1.29, 1.82) is 0 Å². The minimum Gasteiger partial charge on any atom is -0.314 e. The molecule has 0 unspecified atom stereocenters. The lowest BCUT2D eigenvalue weighted by molar-refractivity contribution is 0.195. The highest BCUT2D eigenvalue weighted by molar-refractivity contribution is 5.10. The maximum absolute atomic E-state index is 4.68. The van der Waals surface area contributed by atoms with Crippen LogP contribution in [0, 0.1) is 0 Å². The lowest BCUT2D eigenvalue weighted by atomic mass is 9.91. The van der Waals surface area contributed by atoms with Gasteiger partial charge in [-0.15, -0.1) is 0 Å². The van der Waals surface area contributed by atoms with Crippen molar-refractivity contribution >= 4 is 0 Å². The van der Waals surface area contributed by atoms with Gasteiger partial charge in [0.15, 0.2) is 0 Å². The summed E-state index contributed by atoms with van der Waals surface area (Å²) >= 11 is 0. The monoisotopic (exact) mass is 248 g/mol. The van der Waals surface area contributed by atoms with E-state index in [2.05, 4.69) is 41.0 Å². The molecule has 0 atom stereocenters. The average Bonchev–Trinajstić information content (AvgIpc) is 2.39. The highest BCUT2D eigenvalue weighted by Crippen LogP contribution is 2.21. The first-order valence-corrected chi connectivity index (χ1v) is 6.87. The smallest absolute Gasteiger partial charge is 0.135 e. The first kappa shape index (κ1) is 13.4. The minimum atomic E-state index is 0.0164. The van der Waals surface area contributed by atoms with Crippen LogP contribution in [0.15, 0.2) is 12.3 Å². The molecule has 1 aromatic heterocycles. The van der Waals surface area contributed by atoms with Crippen molar-refractivity contribution in [2.45, 2.75) is 32.6 Å². The number of rotatable bonds is 4. The molecule has 0 aromatic carbocycles. The molecule has 1 fully saturated rings. The Labute approximate surface area is 110 Å². The van der Waals surface area contributed by atoms with Crippen molar-refractivity contribution in [3.8, 4) is 0 Å². The zero-order valence-electron chi connectivity index (χ0n) is 11.7. The largest absolute Gasteiger partial charge is 0.314 e. The van der Waals surface area contributed by atoms with E-state index in [0.717, 1.165) is 50.7 Å². The van der Waals surface area contributed by atoms with E-state index in [1.54, 1.807) is 0 Å². The quantitative estimate of drug-likeness (QED) is 0.870. The van der Waals surface area contributed by atoms with Gasteiger partial charge in [-0.1, -0.05) is 20.8 Å². The molecule has 2 rings (SSSR count). The predicted molar refractivity (Wildman–Crippen MR) is 73.7 cm³/mol. The van der Waals surface area contributed by atoms with Gasteiger partial charge < -0.3 is 5.32 Å². The molecule has 0 amide bonds. The van der Waals surface area contributed by atoms with Gasteiger partial charge in [0.2, 0.25) is 0 Å². The van der Waals surface area contributed by atoms with E-state index in [0.29, 0.717) is 0 Å². The third-order valence-electron chi connectivity index (χ3n) is 3.51. The van der Waals surface area contributed by atoms with E-state index < -0.39 is 0 Å². The first-order chi connectivity index (χ1) is 8.62. The van der Waals surface area contributed by atoms with Crippen molar-refractivity contribution in [2.75, 3.05) is 32.7 Å². The van der Waals surface area contributed by atoms with Gasteiger partial charge in [-0.2, -0.15) is 0 Å². The van der Waals surface area contributed by atoms with Crippen molar-refractivity contribution < 1.29 is 0 Å². The molecular formula is C14H24N4. The fourth-order valence-corrected chi connectivity index (χ4v) is 2.42. The van der Waals surface area contributed by atoms with Crippen LogP contribution in [0.1, 0.15) is 32.3 Å². The van der Waals surface area contributed by atoms with E-state index in [-0.39, 0.29) is 5.41 Å². The fourth-order valence-electron chi connectivity index (χ4n) is 2.42. The molecule has 1 aliphatic heterocycles. The number of hydrogen-bond donors (Lipinski definition) is 1. The topological polar surface area (TPSA) is 41.1 Å². The fraction of sp³-hybridized carbons (Fsp3) is 0.714. The molecule has 1 aliphatic rings. The van der Waals surface area contributed by atoms with Crippen molar-refractivity contribution in [3.05, 3.63) is 23.8 Å². The summed E-state index contributed by atoms with van der Waals surface area (Å²) in [5.74, 6) is 0.973. The van der Waals surface area contributed by atoms with E-state index >= 15 is 0 Å². The second-order valence-corrected chi connectivity index (χ2v) is 5.64. The number of nitrogens with one attached hydrogen (secondary N) is 1. The molecule has 4 heteroatoms. The molecule has 1 aromatic rings. The third-order valence-corrected chi connectivity index (χ3v) is 3.51. The highest BCUT2D eigenvalue weighted by atomic mass is 15.2. The van der Waals surface area contributed by atoms with Crippen LogP contribution in [0.5, 0.6) is 0 Å². The molecule has 0 saturated carbocycles. The number of nitrogens with zero attached hydrogens (tertiary/aromatic N) is 3. The number of hydrogen-bond acceptors (Lipinski definition) is 4. The summed E-state index contributed by atoms with van der Waals surface area (Å²) < 4.78 is 0. The van der Waals surface area contributed by atoms with Crippen LogP contribution in [-0.4, -0.2) is 47.6 Å². The molecule has 18 heavy (non-hydrogen) atoms. The Hall–Kier alpha value is -1.00. The summed E-state index contributed by atoms with van der Waals surface area (Å²) in [5.41, 5.74) is 1.15. The average molecular weight is 248 g/mol. The van der Waals surface area contributed by atoms with Crippen molar-refractivity contribution in [1.82, 2.24) is 20.2 Å². The Morgan fingerprint density at radius 1 is 1.33 bits per heavy atom. The minimum absolute atomic E-state index is 0.0164. The molecule has 0 spiro atoms. The first-order valence-electron chi connectivity index (χ1n) is 6.87. The Morgan fingerprint density at radius 3 is 2.72 bits per heavy atom. The lowest BCUT2D eigenvalue weighted by Crippen LogP contribution is -2.48. The lowest BCUT2D eigenvalue weighted by Gasteiger charge is -2.34. The number of piperazine rings is 1. The van der Waals surface area contributed by atoms with Crippen LogP contribution in [-0.2, 0) is 11.8 Å². The zero-order valence-corrected chi connectivity index (χ0v) is 11.7. The Bertz CT molecular complexity index is 383. The van der Waals surface area contributed by atoms with Crippen LogP contribution in [0.3, 0.4) is 0 Å². The molecule has 1 saturated heterocycles. The Morgan fingerprint density at radius 2 is 2.06 bits per heavy atom. The molecule has 100 valence electrons. The summed E-state index contributed by atoms with van der Waals surface area (Å²) in [6.45, 7) is 12.1. The molecule has 0 bridgehead atoms. The molecule has 2 heterocycles. The molecule has 0 aliphatic carbocycles. The summed E-state index contributed by atoms with van der Waals surface area (Å²) in [6.07, 6.45) is 2.86. The van der Waals surface area contributed by atoms with Gasteiger partial charge in [-0.25, -0.2) is 9.97 Å². The normalized spacial score (nSPS) is 17.9. The van der Waals surface area contributed by atoms with Gasteiger partial charge in [0.1, 0.15) is 5.82 Å². The van der Waals surface area contributed by atoms with Crippen LogP contribution < -0.4 is 5.32 Å². The number of aromatic nitrogens is 2. The second-order valence-electron chi connectivity index (χ2n) is 5.64. The van der Waals surface area contributed by atoms with Crippen molar-refractivity contribution in [3.63, 3.8) is 0 Å². The van der Waals surface area contributed by atoms with Crippen LogP contribution in [0.25, 0.3) is 0 Å².